The summed E-state index contributed by atoms with van der Waals surface area (Å²) in [7, 11) is 3.07. The third-order valence-electron chi connectivity index (χ3n) is 4.45. The monoisotopic (exact) mass is 347 g/mol. The maximum Gasteiger partial charge on any atom is 0.328 e. The van der Waals surface area contributed by atoms with E-state index in [1.807, 2.05) is 6.07 Å². The van der Waals surface area contributed by atoms with Crippen molar-refractivity contribution < 1.29 is 18.8 Å². The van der Waals surface area contributed by atoms with E-state index in [0.29, 0.717) is 19.5 Å². The van der Waals surface area contributed by atoms with E-state index < -0.39 is 12.2 Å². The predicted octanol–water partition coefficient (Wildman–Crippen LogP) is -0.109. The number of nitrogens with zero attached hydrogens (tertiary/aromatic N) is 4. The number of hydrogen-bond donors (Lipinski definition) is 1. The number of imide groups is 1. The van der Waals surface area contributed by atoms with Crippen molar-refractivity contribution in [3.05, 3.63) is 24.2 Å². The van der Waals surface area contributed by atoms with E-state index in [-0.39, 0.29) is 24.3 Å². The molecule has 134 valence electrons. The van der Waals surface area contributed by atoms with Crippen molar-refractivity contribution >= 4 is 24.2 Å². The van der Waals surface area contributed by atoms with Gasteiger partial charge in [0.2, 0.25) is 5.91 Å². The Labute approximate surface area is 145 Å². The Morgan fingerprint density at radius 1 is 1.36 bits per heavy atom. The van der Waals surface area contributed by atoms with Gasteiger partial charge in [0, 0.05) is 40.0 Å². The highest BCUT2D eigenvalue weighted by atomic mass is 16.3. The highest BCUT2D eigenvalue weighted by Crippen LogP contribution is 2.24. The lowest BCUT2D eigenvalue weighted by molar-refractivity contribution is -0.136. The largest absolute Gasteiger partial charge is 0.469 e. The van der Waals surface area contributed by atoms with Gasteiger partial charge in [-0.1, -0.05) is 0 Å². The highest BCUT2D eigenvalue weighted by Gasteiger charge is 2.48. The molecule has 1 N–H and O–H groups in total. The van der Waals surface area contributed by atoms with Crippen LogP contribution < -0.4 is 5.32 Å². The van der Waals surface area contributed by atoms with E-state index in [1.54, 1.807) is 30.6 Å². The molecule has 0 aliphatic carbocycles. The molecule has 1 fully saturated rings. The van der Waals surface area contributed by atoms with Crippen molar-refractivity contribution in [2.45, 2.75) is 25.0 Å². The van der Waals surface area contributed by atoms with Crippen LogP contribution in [0.5, 0.6) is 0 Å². The Bertz CT molecular complexity index is 687. The zero-order valence-corrected chi connectivity index (χ0v) is 14.2. The molecule has 9 heteroatoms. The van der Waals surface area contributed by atoms with Crippen LogP contribution >= 0.6 is 0 Å². The molecule has 0 spiro atoms. The van der Waals surface area contributed by atoms with Crippen LogP contribution in [0.2, 0.25) is 0 Å². The fourth-order valence-corrected chi connectivity index (χ4v) is 3.00. The van der Waals surface area contributed by atoms with Gasteiger partial charge in [0.1, 0.15) is 5.76 Å². The van der Waals surface area contributed by atoms with Crippen LogP contribution in [0.3, 0.4) is 0 Å². The topological polar surface area (TPSA) is 98.5 Å². The molecule has 4 amide bonds. The Kier molecular flexibility index (Phi) is 4.73. The summed E-state index contributed by atoms with van der Waals surface area (Å²) < 4.78 is 5.21. The van der Waals surface area contributed by atoms with Crippen molar-refractivity contribution in [2.24, 2.45) is 4.99 Å². The molecular weight excluding hydrogens is 326 g/mol. The number of furan rings is 1. The Balaban J connectivity index is 1.48. The molecule has 3 rings (SSSR count). The van der Waals surface area contributed by atoms with E-state index in [1.165, 1.54) is 11.9 Å². The van der Waals surface area contributed by atoms with Crippen LogP contribution in [0.1, 0.15) is 12.2 Å². The van der Waals surface area contributed by atoms with Crippen LogP contribution in [0.15, 0.2) is 27.8 Å². The molecule has 2 atom stereocenters. The zero-order chi connectivity index (χ0) is 18.0. The summed E-state index contributed by atoms with van der Waals surface area (Å²) in [5, 5.41) is 2.82. The number of carbonyl (C=O) groups excluding carboxylic acids is 3. The fourth-order valence-electron chi connectivity index (χ4n) is 3.00. The van der Waals surface area contributed by atoms with E-state index in [2.05, 4.69) is 10.3 Å². The maximum atomic E-state index is 12.4. The van der Waals surface area contributed by atoms with E-state index >= 15 is 0 Å². The van der Waals surface area contributed by atoms with Crippen molar-refractivity contribution in [1.29, 1.82) is 0 Å². The third-order valence-corrected chi connectivity index (χ3v) is 4.45. The first-order chi connectivity index (χ1) is 12.0. The summed E-state index contributed by atoms with van der Waals surface area (Å²) in [6.45, 7) is 0.851. The maximum absolute atomic E-state index is 12.4. The molecule has 25 heavy (non-hydrogen) atoms. The van der Waals surface area contributed by atoms with Gasteiger partial charge in [-0.2, -0.15) is 0 Å². The molecule has 1 aromatic rings. The minimum atomic E-state index is -0.566. The Hall–Kier alpha value is -2.84. The van der Waals surface area contributed by atoms with Crippen LogP contribution in [-0.4, -0.2) is 78.3 Å². The van der Waals surface area contributed by atoms with Gasteiger partial charge in [0.05, 0.1) is 12.6 Å². The summed E-state index contributed by atoms with van der Waals surface area (Å²) in [6.07, 6.45) is 3.48. The van der Waals surface area contributed by atoms with Crippen LogP contribution in [-0.2, 0) is 16.0 Å². The molecule has 2 aliphatic heterocycles. The number of urea groups is 1. The van der Waals surface area contributed by atoms with Crippen molar-refractivity contribution in [3.8, 4) is 0 Å². The Morgan fingerprint density at radius 2 is 2.16 bits per heavy atom. The van der Waals surface area contributed by atoms with Crippen LogP contribution in [0.4, 0.5) is 4.79 Å². The summed E-state index contributed by atoms with van der Waals surface area (Å²) in [5.74, 6) is 0.409. The molecule has 1 aromatic heterocycles. The van der Waals surface area contributed by atoms with Crippen LogP contribution in [0.25, 0.3) is 0 Å². The van der Waals surface area contributed by atoms with Crippen molar-refractivity contribution in [3.63, 3.8) is 0 Å². The molecule has 0 radical (unpaired) electrons. The summed E-state index contributed by atoms with van der Waals surface area (Å²) >= 11 is 0. The van der Waals surface area contributed by atoms with Gasteiger partial charge in [-0.25, -0.2) is 9.79 Å². The van der Waals surface area contributed by atoms with Gasteiger partial charge in [-0.15, -0.1) is 0 Å². The molecule has 2 unspecified atom stereocenters. The second kappa shape index (κ2) is 6.96. The van der Waals surface area contributed by atoms with Gasteiger partial charge in [-0.05, 0) is 12.1 Å². The lowest BCUT2D eigenvalue weighted by atomic mass is 10.1. The van der Waals surface area contributed by atoms with Gasteiger partial charge < -0.3 is 19.5 Å². The molecular formula is C16H21N5O4. The molecule has 1 saturated heterocycles. The third kappa shape index (κ3) is 3.35. The second-order valence-corrected chi connectivity index (χ2v) is 6.08. The lowest BCUT2D eigenvalue weighted by Crippen LogP contribution is -2.63. The summed E-state index contributed by atoms with van der Waals surface area (Å²) in [4.78, 5) is 44.8. The molecule has 0 bridgehead atoms. The van der Waals surface area contributed by atoms with E-state index in [0.717, 1.165) is 10.7 Å². The fraction of sp³-hybridized carbons (Fsp3) is 0.500. The second-order valence-electron chi connectivity index (χ2n) is 6.08. The normalized spacial score (nSPS) is 22.6. The quantitative estimate of drug-likeness (QED) is 0.774. The molecule has 3 heterocycles. The highest BCUT2D eigenvalue weighted by molar-refractivity contribution is 6.01. The summed E-state index contributed by atoms with van der Waals surface area (Å²) in [5.41, 5.74) is 0. The van der Waals surface area contributed by atoms with E-state index in [4.69, 9.17) is 4.42 Å². The zero-order valence-electron chi connectivity index (χ0n) is 14.2. The number of fused-ring (bicyclic) bond motifs is 1. The average Bonchev–Trinajstić information content (AvgIpc) is 3.26. The first-order valence-corrected chi connectivity index (χ1v) is 8.11. The predicted molar refractivity (Wildman–Crippen MR) is 88.7 cm³/mol. The number of hydrogen-bond acceptors (Lipinski definition) is 6. The van der Waals surface area contributed by atoms with Gasteiger partial charge >= 0.3 is 6.03 Å². The Morgan fingerprint density at radius 3 is 2.88 bits per heavy atom. The average molecular weight is 347 g/mol. The molecule has 0 aromatic carbocycles. The van der Waals surface area contributed by atoms with Gasteiger partial charge in [0.25, 0.3) is 5.91 Å². The first kappa shape index (κ1) is 17.0. The standard InChI is InChI=1S/C16H21N5O4/c1-19-14-13(15(23)20(2)16(19)24)21(10-18-14)8-6-12(22)17-7-5-11-4-3-9-25-11/h3-4,9-10,13-14H,5-8H2,1-2H3,(H,17,22). The van der Waals surface area contributed by atoms with Crippen molar-refractivity contribution in [2.75, 3.05) is 27.2 Å². The lowest BCUT2D eigenvalue weighted by Gasteiger charge is -2.39. The smallest absolute Gasteiger partial charge is 0.328 e. The number of likely N-dealkylation sites (N-methyl/N-ethyl adjacent to an activating group) is 2. The molecule has 9 nitrogen and oxygen atoms in total. The molecule has 2 aliphatic rings. The molecule has 0 saturated carbocycles. The minimum absolute atomic E-state index is 0.107. The van der Waals surface area contributed by atoms with Crippen LogP contribution in [0, 0.1) is 0 Å². The summed E-state index contributed by atoms with van der Waals surface area (Å²) in [6, 6.07) is 2.72. The minimum Gasteiger partial charge on any atom is -0.469 e. The number of amides is 4. The SMILES string of the molecule is CN1C(=O)C2C(N=CN2CCC(=O)NCCc2ccco2)N(C)C1=O. The first-order valence-electron chi connectivity index (χ1n) is 8.11. The number of aliphatic imine (C=N–C) groups is 1. The van der Waals surface area contributed by atoms with Gasteiger partial charge in [-0.3, -0.25) is 14.5 Å². The van der Waals surface area contributed by atoms with Gasteiger partial charge in [0.15, 0.2) is 12.2 Å². The van der Waals surface area contributed by atoms with E-state index in [9.17, 15) is 14.4 Å². The number of carbonyl (C=O) groups is 3. The van der Waals surface area contributed by atoms with Crippen molar-refractivity contribution in [1.82, 2.24) is 20.0 Å². The number of rotatable bonds is 6. The number of nitrogens with one attached hydrogen (secondary N) is 1.